The lowest BCUT2D eigenvalue weighted by Gasteiger charge is -2.23. The van der Waals surface area contributed by atoms with E-state index in [2.05, 4.69) is 45.4 Å². The van der Waals surface area contributed by atoms with Crippen LogP contribution in [0, 0.1) is 6.92 Å². The van der Waals surface area contributed by atoms with E-state index in [1.165, 1.54) is 5.56 Å². The minimum Gasteiger partial charge on any atom is -0.508 e. The zero-order valence-electron chi connectivity index (χ0n) is 19.7. The quantitative estimate of drug-likeness (QED) is 0.360. The van der Waals surface area contributed by atoms with Crippen molar-refractivity contribution in [3.8, 4) is 17.3 Å². The molecular formula is C27H23N7O2. The number of aryl methyl sites for hydroxylation is 1. The lowest BCUT2D eigenvalue weighted by molar-refractivity contribution is -0.119. The number of aromatic nitrogens is 5. The van der Waals surface area contributed by atoms with Crippen LogP contribution in [0.2, 0.25) is 0 Å². The van der Waals surface area contributed by atoms with Crippen LogP contribution in [-0.2, 0) is 16.6 Å². The standard InChI is InChI=1S/C27H23N7O2/c1-15-5-3-6-16(11-15)12-19-25-29-9-10-34(25)14-20(30-19)23-31-22(28)21-24(32-23)33-26(36)27(21,2)17-7-4-8-18(35)13-17/h3-11,13-14,35H,12H2,1-2H3,(H3,28,31,32,33,36)/t27-/m0/s1. The molecule has 9 nitrogen and oxygen atoms in total. The molecule has 0 unspecified atom stereocenters. The number of amides is 1. The Morgan fingerprint density at radius 1 is 1.11 bits per heavy atom. The number of phenolic OH excluding ortho intramolecular Hbond substituents is 1. The number of rotatable bonds is 4. The molecule has 0 bridgehead atoms. The summed E-state index contributed by atoms with van der Waals surface area (Å²) in [5.41, 5.74) is 10.7. The van der Waals surface area contributed by atoms with Crippen molar-refractivity contribution in [1.82, 2.24) is 24.3 Å². The van der Waals surface area contributed by atoms with Gasteiger partial charge in [0.15, 0.2) is 11.5 Å². The highest BCUT2D eigenvalue weighted by atomic mass is 16.3. The minimum absolute atomic E-state index is 0.0602. The third kappa shape index (κ3) is 3.36. The monoisotopic (exact) mass is 477 g/mol. The van der Waals surface area contributed by atoms with Crippen LogP contribution in [0.15, 0.2) is 67.1 Å². The van der Waals surface area contributed by atoms with Crippen molar-refractivity contribution in [3.63, 3.8) is 0 Å². The molecular weight excluding hydrogens is 454 g/mol. The van der Waals surface area contributed by atoms with Gasteiger partial charge in [0.1, 0.15) is 28.5 Å². The molecule has 4 N–H and O–H groups in total. The molecule has 5 aromatic rings. The number of aromatic hydroxyl groups is 1. The molecule has 0 saturated carbocycles. The van der Waals surface area contributed by atoms with Gasteiger partial charge in [-0.15, -0.1) is 0 Å². The van der Waals surface area contributed by atoms with Crippen molar-refractivity contribution in [3.05, 3.63) is 95.1 Å². The largest absolute Gasteiger partial charge is 0.508 e. The Bertz CT molecular complexity index is 1680. The topological polar surface area (TPSA) is 131 Å². The van der Waals surface area contributed by atoms with Gasteiger partial charge < -0.3 is 20.6 Å². The molecule has 0 saturated heterocycles. The lowest BCUT2D eigenvalue weighted by Crippen LogP contribution is -2.32. The van der Waals surface area contributed by atoms with Gasteiger partial charge in [-0.2, -0.15) is 0 Å². The van der Waals surface area contributed by atoms with E-state index >= 15 is 0 Å². The molecule has 0 spiro atoms. The molecule has 2 aromatic carbocycles. The predicted molar refractivity (Wildman–Crippen MR) is 136 cm³/mol. The number of carbonyl (C=O) groups excluding carboxylic acids is 1. The summed E-state index contributed by atoms with van der Waals surface area (Å²) in [7, 11) is 0. The molecule has 3 aromatic heterocycles. The number of hydrogen-bond donors (Lipinski definition) is 3. The number of carbonyl (C=O) groups is 1. The molecule has 178 valence electrons. The Kier molecular flexibility index (Phi) is 4.75. The van der Waals surface area contributed by atoms with Crippen LogP contribution in [0.25, 0.3) is 17.2 Å². The normalized spacial score (nSPS) is 16.8. The van der Waals surface area contributed by atoms with Gasteiger partial charge in [-0.05, 0) is 37.1 Å². The van der Waals surface area contributed by atoms with Crippen LogP contribution in [0.4, 0.5) is 11.6 Å². The first-order valence-corrected chi connectivity index (χ1v) is 11.5. The number of hydrogen-bond acceptors (Lipinski definition) is 7. The first-order chi connectivity index (χ1) is 17.3. The molecule has 1 aliphatic rings. The Morgan fingerprint density at radius 3 is 2.75 bits per heavy atom. The second-order valence-corrected chi connectivity index (χ2v) is 9.18. The molecule has 1 amide bonds. The predicted octanol–water partition coefficient (Wildman–Crippen LogP) is 3.63. The van der Waals surface area contributed by atoms with Gasteiger partial charge in [0.2, 0.25) is 5.91 Å². The van der Waals surface area contributed by atoms with Gasteiger partial charge in [0, 0.05) is 25.0 Å². The van der Waals surface area contributed by atoms with Crippen LogP contribution in [0.5, 0.6) is 5.75 Å². The van der Waals surface area contributed by atoms with Crippen LogP contribution >= 0.6 is 0 Å². The Morgan fingerprint density at radius 2 is 1.94 bits per heavy atom. The molecule has 1 aliphatic heterocycles. The van der Waals surface area contributed by atoms with Crippen LogP contribution in [-0.4, -0.2) is 35.4 Å². The van der Waals surface area contributed by atoms with Crippen LogP contribution < -0.4 is 11.1 Å². The van der Waals surface area contributed by atoms with Crippen molar-refractivity contribution in [2.75, 3.05) is 11.1 Å². The van der Waals surface area contributed by atoms with Crippen molar-refractivity contribution in [1.29, 1.82) is 0 Å². The fourth-order valence-electron chi connectivity index (χ4n) is 4.85. The number of phenols is 1. The average Bonchev–Trinajstić information content (AvgIpc) is 3.42. The average molecular weight is 478 g/mol. The van der Waals surface area contributed by atoms with Gasteiger partial charge in [-0.3, -0.25) is 4.79 Å². The fraction of sp³-hybridized carbons (Fsp3) is 0.148. The lowest BCUT2D eigenvalue weighted by atomic mass is 9.77. The summed E-state index contributed by atoms with van der Waals surface area (Å²) < 4.78 is 1.88. The molecule has 36 heavy (non-hydrogen) atoms. The number of nitrogens with two attached hydrogens (primary N) is 1. The molecule has 4 heterocycles. The molecule has 1 atom stereocenters. The zero-order valence-corrected chi connectivity index (χ0v) is 19.7. The van der Waals surface area contributed by atoms with E-state index in [1.807, 2.05) is 16.7 Å². The summed E-state index contributed by atoms with van der Waals surface area (Å²) in [6.07, 6.45) is 5.95. The first kappa shape index (κ1) is 21.7. The maximum Gasteiger partial charge on any atom is 0.240 e. The number of anilines is 2. The Labute approximate surface area is 206 Å². The summed E-state index contributed by atoms with van der Waals surface area (Å²) in [6.45, 7) is 3.80. The molecule has 0 radical (unpaired) electrons. The van der Waals surface area contributed by atoms with Crippen molar-refractivity contribution < 1.29 is 9.90 Å². The van der Waals surface area contributed by atoms with Crippen LogP contribution in [0.1, 0.15) is 34.9 Å². The van der Waals surface area contributed by atoms with E-state index in [4.69, 9.17) is 10.7 Å². The highest BCUT2D eigenvalue weighted by Gasteiger charge is 2.47. The Hall–Kier alpha value is -4.79. The fourth-order valence-corrected chi connectivity index (χ4v) is 4.85. The smallest absolute Gasteiger partial charge is 0.240 e. The minimum atomic E-state index is -1.14. The SMILES string of the molecule is Cc1cccc(Cc2nc(-c3nc(N)c4c(n3)NC(=O)[C@@]4(C)c3cccc(O)c3)cn3ccnc23)c1. The second-order valence-electron chi connectivity index (χ2n) is 9.18. The van der Waals surface area contributed by atoms with Crippen molar-refractivity contribution >= 4 is 23.2 Å². The highest BCUT2D eigenvalue weighted by Crippen LogP contribution is 2.45. The van der Waals surface area contributed by atoms with Crippen LogP contribution in [0.3, 0.4) is 0 Å². The third-order valence-corrected chi connectivity index (χ3v) is 6.67. The number of imidazole rings is 1. The van der Waals surface area contributed by atoms with Gasteiger partial charge in [0.25, 0.3) is 0 Å². The number of fused-ring (bicyclic) bond motifs is 2. The van der Waals surface area contributed by atoms with E-state index in [1.54, 1.807) is 43.6 Å². The number of benzene rings is 2. The maximum absolute atomic E-state index is 13.1. The summed E-state index contributed by atoms with van der Waals surface area (Å²) in [5, 5.41) is 12.8. The highest BCUT2D eigenvalue weighted by molar-refractivity contribution is 6.09. The van der Waals surface area contributed by atoms with E-state index in [-0.39, 0.29) is 17.5 Å². The number of nitrogens with zero attached hydrogens (tertiary/aromatic N) is 5. The van der Waals surface area contributed by atoms with Gasteiger partial charge in [-0.25, -0.2) is 19.9 Å². The zero-order chi connectivity index (χ0) is 25.0. The van der Waals surface area contributed by atoms with E-state index in [0.29, 0.717) is 34.9 Å². The number of nitrogen functional groups attached to an aromatic ring is 1. The summed E-state index contributed by atoms with van der Waals surface area (Å²) in [5.74, 6) is 0.574. The molecule has 6 rings (SSSR count). The number of nitrogens with one attached hydrogen (secondary N) is 1. The van der Waals surface area contributed by atoms with E-state index in [0.717, 1.165) is 16.9 Å². The molecule has 9 heteroatoms. The first-order valence-electron chi connectivity index (χ1n) is 11.5. The molecule has 0 fully saturated rings. The second kappa shape index (κ2) is 7.88. The van der Waals surface area contributed by atoms with E-state index in [9.17, 15) is 9.90 Å². The van der Waals surface area contributed by atoms with Gasteiger partial charge in [-0.1, -0.05) is 42.0 Å². The van der Waals surface area contributed by atoms with E-state index < -0.39 is 5.41 Å². The maximum atomic E-state index is 13.1. The van der Waals surface area contributed by atoms with Gasteiger partial charge in [0.05, 0.1) is 11.3 Å². The summed E-state index contributed by atoms with van der Waals surface area (Å²) in [6, 6.07) is 14.8. The summed E-state index contributed by atoms with van der Waals surface area (Å²) >= 11 is 0. The summed E-state index contributed by atoms with van der Waals surface area (Å²) in [4.78, 5) is 31.7. The third-order valence-electron chi connectivity index (χ3n) is 6.67. The Balaban J connectivity index is 1.47. The molecule has 0 aliphatic carbocycles. The van der Waals surface area contributed by atoms with Gasteiger partial charge >= 0.3 is 0 Å². The van der Waals surface area contributed by atoms with Crippen molar-refractivity contribution in [2.45, 2.75) is 25.7 Å². The van der Waals surface area contributed by atoms with Crippen molar-refractivity contribution in [2.24, 2.45) is 0 Å².